The van der Waals surface area contributed by atoms with Gasteiger partial charge in [-0.05, 0) is 59.3 Å². The largest absolute Gasteiger partial charge is 0.319 e. The monoisotopic (exact) mass is 483 g/mol. The van der Waals surface area contributed by atoms with Gasteiger partial charge in [0.15, 0.2) is 0 Å². The zero-order chi connectivity index (χ0) is 14.9. The van der Waals surface area contributed by atoms with Crippen molar-refractivity contribution in [2.24, 2.45) is 0 Å². The molecule has 0 aliphatic rings. The van der Waals surface area contributed by atoms with Gasteiger partial charge in [-0.15, -0.1) is 0 Å². The number of hydrogen-bond acceptors (Lipinski definition) is 1. The summed E-state index contributed by atoms with van der Waals surface area (Å²) in [6.45, 7) is 1.86. The molecule has 20 heavy (non-hydrogen) atoms. The standard InChI is InChI=1S/C14H9BrCl2INO/c1-7-2-4-10(16)13(12(7)17)19-14(20)9-6-8(15)3-5-11(9)18/h2-6H,1H3,(H,19,20). The molecule has 0 aliphatic heterocycles. The molecule has 1 amide bonds. The molecule has 0 spiro atoms. The molecule has 6 heteroatoms. The summed E-state index contributed by atoms with van der Waals surface area (Å²) in [5.74, 6) is -0.245. The molecule has 0 aliphatic carbocycles. The Hall–Kier alpha value is -0.300. The Morgan fingerprint density at radius 1 is 1.25 bits per heavy atom. The molecule has 2 aromatic rings. The van der Waals surface area contributed by atoms with Gasteiger partial charge in [-0.2, -0.15) is 0 Å². The SMILES string of the molecule is Cc1ccc(Cl)c(NC(=O)c2cc(Br)ccc2I)c1Cl. The van der Waals surface area contributed by atoms with E-state index in [2.05, 4.69) is 43.8 Å². The van der Waals surface area contributed by atoms with E-state index in [0.717, 1.165) is 13.6 Å². The number of halogens is 4. The minimum Gasteiger partial charge on any atom is -0.319 e. The second-order valence-corrected chi connectivity index (χ2v) is 6.99. The molecule has 104 valence electrons. The Morgan fingerprint density at radius 3 is 2.65 bits per heavy atom. The lowest BCUT2D eigenvalue weighted by Gasteiger charge is -2.12. The number of hydrogen-bond donors (Lipinski definition) is 1. The fourth-order valence-corrected chi connectivity index (χ4v) is 3.03. The molecule has 0 saturated heterocycles. The predicted octanol–water partition coefficient (Wildman–Crippen LogP) is 5.92. The first-order valence-electron chi connectivity index (χ1n) is 5.61. The summed E-state index contributed by atoms with van der Waals surface area (Å²) in [6.07, 6.45) is 0. The zero-order valence-electron chi connectivity index (χ0n) is 10.3. The highest BCUT2D eigenvalue weighted by Gasteiger charge is 2.15. The number of rotatable bonds is 2. The maximum absolute atomic E-state index is 12.3. The third kappa shape index (κ3) is 3.47. The van der Waals surface area contributed by atoms with Crippen molar-refractivity contribution in [2.45, 2.75) is 6.92 Å². The van der Waals surface area contributed by atoms with Crippen molar-refractivity contribution in [3.63, 3.8) is 0 Å². The molecule has 0 unspecified atom stereocenters. The van der Waals surface area contributed by atoms with Crippen molar-refractivity contribution in [1.29, 1.82) is 0 Å². The highest BCUT2D eigenvalue weighted by atomic mass is 127. The maximum atomic E-state index is 12.3. The van der Waals surface area contributed by atoms with E-state index in [0.29, 0.717) is 21.3 Å². The summed E-state index contributed by atoms with van der Waals surface area (Å²) in [5.41, 5.74) is 1.86. The van der Waals surface area contributed by atoms with Crippen LogP contribution >= 0.6 is 61.7 Å². The van der Waals surface area contributed by atoms with Crippen LogP contribution < -0.4 is 5.32 Å². The molecule has 2 aromatic carbocycles. The summed E-state index contributed by atoms with van der Waals surface area (Å²) >= 11 is 17.8. The van der Waals surface area contributed by atoms with Crippen LogP contribution in [0.3, 0.4) is 0 Å². The van der Waals surface area contributed by atoms with E-state index in [1.165, 1.54) is 0 Å². The molecular weight excluding hydrogens is 476 g/mol. The lowest BCUT2D eigenvalue weighted by molar-refractivity contribution is 0.102. The predicted molar refractivity (Wildman–Crippen MR) is 96.0 cm³/mol. The van der Waals surface area contributed by atoms with Gasteiger partial charge in [0.1, 0.15) is 0 Å². The van der Waals surface area contributed by atoms with Gasteiger partial charge < -0.3 is 5.32 Å². The van der Waals surface area contributed by atoms with Crippen LogP contribution in [0.1, 0.15) is 15.9 Å². The second-order valence-electron chi connectivity index (χ2n) is 4.13. The lowest BCUT2D eigenvalue weighted by atomic mass is 10.2. The van der Waals surface area contributed by atoms with Crippen LogP contribution in [0, 0.1) is 10.5 Å². The van der Waals surface area contributed by atoms with Crippen LogP contribution in [0.2, 0.25) is 10.0 Å². The molecule has 0 heterocycles. The van der Waals surface area contributed by atoms with E-state index >= 15 is 0 Å². The minimum absolute atomic E-state index is 0.245. The molecule has 2 rings (SSSR count). The van der Waals surface area contributed by atoms with Crippen LogP contribution in [-0.2, 0) is 0 Å². The van der Waals surface area contributed by atoms with E-state index in [-0.39, 0.29) is 5.91 Å². The van der Waals surface area contributed by atoms with Crippen LogP contribution in [0.5, 0.6) is 0 Å². The minimum atomic E-state index is -0.245. The average Bonchev–Trinajstić information content (AvgIpc) is 2.41. The molecule has 0 aromatic heterocycles. The van der Waals surface area contributed by atoms with Gasteiger partial charge in [0.05, 0.1) is 21.3 Å². The summed E-state index contributed by atoms with van der Waals surface area (Å²) in [6, 6.07) is 9.02. The lowest BCUT2D eigenvalue weighted by Crippen LogP contribution is -2.14. The van der Waals surface area contributed by atoms with E-state index in [9.17, 15) is 4.79 Å². The van der Waals surface area contributed by atoms with Crippen LogP contribution in [0.15, 0.2) is 34.8 Å². The quantitative estimate of drug-likeness (QED) is 0.527. The first-order chi connectivity index (χ1) is 9.40. The maximum Gasteiger partial charge on any atom is 0.256 e. The first kappa shape index (κ1) is 16.1. The Kier molecular flexibility index (Phi) is 5.34. The fraction of sp³-hybridized carbons (Fsp3) is 0.0714. The Morgan fingerprint density at radius 2 is 1.95 bits per heavy atom. The van der Waals surface area contributed by atoms with Gasteiger partial charge in [-0.3, -0.25) is 4.79 Å². The van der Waals surface area contributed by atoms with Crippen LogP contribution in [0.4, 0.5) is 5.69 Å². The normalized spacial score (nSPS) is 10.4. The Balaban J connectivity index is 2.38. The number of aryl methyl sites for hydroxylation is 1. The summed E-state index contributed by atoms with van der Waals surface area (Å²) in [4.78, 5) is 12.3. The Labute approximate surface area is 149 Å². The number of anilines is 1. The van der Waals surface area contributed by atoms with Crippen LogP contribution in [0.25, 0.3) is 0 Å². The van der Waals surface area contributed by atoms with E-state index in [1.807, 2.05) is 25.1 Å². The van der Waals surface area contributed by atoms with Crippen molar-refractivity contribution in [3.05, 3.63) is 59.5 Å². The van der Waals surface area contributed by atoms with E-state index in [1.54, 1.807) is 12.1 Å². The molecule has 1 N–H and O–H groups in total. The van der Waals surface area contributed by atoms with Crippen molar-refractivity contribution >= 4 is 73.3 Å². The van der Waals surface area contributed by atoms with Crippen molar-refractivity contribution in [3.8, 4) is 0 Å². The van der Waals surface area contributed by atoms with Gasteiger partial charge in [0.25, 0.3) is 5.91 Å². The number of amides is 1. The molecule has 2 nitrogen and oxygen atoms in total. The smallest absolute Gasteiger partial charge is 0.256 e. The molecule has 0 radical (unpaired) electrons. The third-order valence-corrected chi connectivity index (χ3v) is 4.93. The Bertz CT molecular complexity index is 691. The average molecular weight is 485 g/mol. The molecule has 0 atom stereocenters. The molecule has 0 saturated carbocycles. The van der Waals surface area contributed by atoms with Crippen molar-refractivity contribution < 1.29 is 4.79 Å². The molecular formula is C14H9BrCl2INO. The molecule has 0 fully saturated rings. The van der Waals surface area contributed by atoms with Crippen LogP contribution in [-0.4, -0.2) is 5.91 Å². The van der Waals surface area contributed by atoms with Gasteiger partial charge in [-0.25, -0.2) is 0 Å². The van der Waals surface area contributed by atoms with E-state index < -0.39 is 0 Å². The fourth-order valence-electron chi connectivity index (χ4n) is 1.62. The zero-order valence-corrected chi connectivity index (χ0v) is 15.6. The highest BCUT2D eigenvalue weighted by Crippen LogP contribution is 2.33. The number of nitrogens with one attached hydrogen (secondary N) is 1. The van der Waals surface area contributed by atoms with Crippen molar-refractivity contribution in [2.75, 3.05) is 5.32 Å². The topological polar surface area (TPSA) is 29.1 Å². The second kappa shape index (κ2) is 6.64. The number of carbonyl (C=O) groups is 1. The first-order valence-corrected chi connectivity index (χ1v) is 8.24. The van der Waals surface area contributed by atoms with E-state index in [4.69, 9.17) is 23.2 Å². The number of benzene rings is 2. The van der Waals surface area contributed by atoms with Crippen molar-refractivity contribution in [1.82, 2.24) is 0 Å². The summed E-state index contributed by atoms with van der Waals surface area (Å²) in [7, 11) is 0. The third-order valence-electron chi connectivity index (χ3n) is 2.70. The highest BCUT2D eigenvalue weighted by molar-refractivity contribution is 14.1. The van der Waals surface area contributed by atoms with Gasteiger partial charge in [0.2, 0.25) is 0 Å². The summed E-state index contributed by atoms with van der Waals surface area (Å²) < 4.78 is 1.69. The molecule has 0 bridgehead atoms. The van der Waals surface area contributed by atoms with Gasteiger partial charge in [-0.1, -0.05) is 45.2 Å². The summed E-state index contributed by atoms with van der Waals surface area (Å²) in [5, 5.41) is 3.65. The van der Waals surface area contributed by atoms with Gasteiger partial charge >= 0.3 is 0 Å². The van der Waals surface area contributed by atoms with Gasteiger partial charge in [0, 0.05) is 8.04 Å². The number of carbonyl (C=O) groups excluding carboxylic acids is 1.